The number of rotatable bonds is 7. The van der Waals surface area contributed by atoms with Gasteiger partial charge in [0.05, 0.1) is 23.1 Å². The molecule has 0 spiro atoms. The largest absolute Gasteiger partial charge is 0.496 e. The smallest absolute Gasteiger partial charge is 0.230 e. The summed E-state index contributed by atoms with van der Waals surface area (Å²) in [4.78, 5) is 16.5. The molecule has 7 heteroatoms. The number of aromatic nitrogens is 1. The maximum atomic E-state index is 12.0. The first-order chi connectivity index (χ1) is 12.2. The van der Waals surface area contributed by atoms with E-state index in [-0.39, 0.29) is 5.91 Å². The summed E-state index contributed by atoms with van der Waals surface area (Å²) in [6.45, 7) is 0.579. The van der Waals surface area contributed by atoms with Crippen LogP contribution in [0.3, 0.4) is 0 Å². The van der Waals surface area contributed by atoms with E-state index in [1.54, 1.807) is 18.4 Å². The van der Waals surface area contributed by atoms with Crippen LogP contribution in [0.1, 0.15) is 5.56 Å². The first kappa shape index (κ1) is 18.0. The summed E-state index contributed by atoms with van der Waals surface area (Å²) in [5, 5.41) is 3.61. The van der Waals surface area contributed by atoms with Gasteiger partial charge >= 0.3 is 0 Å². The van der Waals surface area contributed by atoms with Gasteiger partial charge in [-0.25, -0.2) is 4.98 Å². The Kier molecular flexibility index (Phi) is 6.18. The molecular weight excluding hydrogens is 376 g/mol. The molecule has 0 saturated carbocycles. The first-order valence-corrected chi connectivity index (χ1v) is 9.91. The second-order valence-corrected chi connectivity index (χ2v) is 7.98. The summed E-state index contributed by atoms with van der Waals surface area (Å²) in [5.41, 5.74) is 1.96. The minimum absolute atomic E-state index is 0.00261. The van der Waals surface area contributed by atoms with Crippen LogP contribution in [0.15, 0.2) is 46.8 Å². The van der Waals surface area contributed by atoms with Crippen molar-refractivity contribution in [1.29, 1.82) is 0 Å². The molecule has 0 aliphatic rings. The van der Waals surface area contributed by atoms with Gasteiger partial charge in [-0.05, 0) is 36.2 Å². The van der Waals surface area contributed by atoms with Crippen LogP contribution in [0.2, 0.25) is 5.02 Å². The molecule has 0 saturated heterocycles. The van der Waals surface area contributed by atoms with Crippen molar-refractivity contribution in [2.45, 2.75) is 10.8 Å². The number of nitrogens with one attached hydrogen (secondary N) is 1. The number of benzene rings is 2. The molecule has 0 unspecified atom stereocenters. The third kappa shape index (κ3) is 4.87. The molecule has 0 aliphatic carbocycles. The highest BCUT2D eigenvalue weighted by Gasteiger charge is 2.08. The molecule has 0 bridgehead atoms. The van der Waals surface area contributed by atoms with E-state index >= 15 is 0 Å². The minimum Gasteiger partial charge on any atom is -0.496 e. The van der Waals surface area contributed by atoms with Crippen LogP contribution in [-0.2, 0) is 11.2 Å². The second kappa shape index (κ2) is 8.56. The minimum atomic E-state index is -0.00261. The predicted molar refractivity (Wildman–Crippen MR) is 105 cm³/mol. The fourth-order valence-electron chi connectivity index (χ4n) is 2.37. The van der Waals surface area contributed by atoms with Crippen LogP contribution in [0.25, 0.3) is 10.2 Å². The molecule has 2 aromatic carbocycles. The van der Waals surface area contributed by atoms with Gasteiger partial charge in [0.15, 0.2) is 4.34 Å². The van der Waals surface area contributed by atoms with Crippen LogP contribution in [0.4, 0.5) is 0 Å². The standard InChI is InChI=1S/C18H17ClN2O2S2/c1-23-15-5-3-2-4-12(15)8-9-20-17(22)11-24-18-21-14-10-13(19)6-7-16(14)25-18/h2-7,10H,8-9,11H2,1H3,(H,20,22). The Balaban J connectivity index is 1.47. The second-order valence-electron chi connectivity index (χ2n) is 5.29. The van der Waals surface area contributed by atoms with E-state index < -0.39 is 0 Å². The average Bonchev–Trinajstić information content (AvgIpc) is 3.02. The van der Waals surface area contributed by atoms with Crippen LogP contribution in [0, 0.1) is 0 Å². The fourth-order valence-corrected chi connectivity index (χ4v) is 4.41. The van der Waals surface area contributed by atoms with E-state index in [1.807, 2.05) is 42.5 Å². The average molecular weight is 393 g/mol. The van der Waals surface area contributed by atoms with Gasteiger partial charge in [-0.3, -0.25) is 4.79 Å². The Morgan fingerprint density at radius 2 is 2.16 bits per heavy atom. The number of hydrogen-bond donors (Lipinski definition) is 1. The van der Waals surface area contributed by atoms with E-state index in [9.17, 15) is 4.79 Å². The lowest BCUT2D eigenvalue weighted by Crippen LogP contribution is -2.27. The summed E-state index contributed by atoms with van der Waals surface area (Å²) in [7, 11) is 1.65. The van der Waals surface area contributed by atoms with Crippen molar-refractivity contribution >= 4 is 50.8 Å². The highest BCUT2D eigenvalue weighted by Crippen LogP contribution is 2.30. The number of carbonyl (C=O) groups excluding carboxylic acids is 1. The number of amides is 1. The Bertz CT molecular complexity index is 882. The van der Waals surface area contributed by atoms with Crippen LogP contribution in [0.5, 0.6) is 5.75 Å². The quantitative estimate of drug-likeness (QED) is 0.605. The SMILES string of the molecule is COc1ccccc1CCNC(=O)CSc1nc2cc(Cl)ccc2s1. The van der Waals surface area contributed by atoms with Gasteiger partial charge in [0.1, 0.15) is 5.75 Å². The third-order valence-corrected chi connectivity index (χ3v) is 5.98. The van der Waals surface area contributed by atoms with Gasteiger partial charge in [-0.15, -0.1) is 11.3 Å². The molecular formula is C18H17ClN2O2S2. The number of nitrogens with zero attached hydrogens (tertiary/aromatic N) is 1. The number of thiazole rings is 1. The number of carbonyl (C=O) groups is 1. The molecule has 0 fully saturated rings. The van der Waals surface area contributed by atoms with Crippen molar-refractivity contribution in [3.63, 3.8) is 0 Å². The zero-order valence-electron chi connectivity index (χ0n) is 13.6. The maximum absolute atomic E-state index is 12.0. The number of hydrogen-bond acceptors (Lipinski definition) is 5. The number of fused-ring (bicyclic) bond motifs is 1. The van der Waals surface area contributed by atoms with E-state index in [2.05, 4.69) is 10.3 Å². The number of para-hydroxylation sites is 1. The molecule has 3 rings (SSSR count). The lowest BCUT2D eigenvalue weighted by atomic mass is 10.1. The monoisotopic (exact) mass is 392 g/mol. The van der Waals surface area contributed by atoms with Gasteiger partial charge in [0.25, 0.3) is 0 Å². The molecule has 3 aromatic rings. The predicted octanol–water partition coefficient (Wildman–Crippen LogP) is 4.41. The van der Waals surface area contributed by atoms with Gasteiger partial charge in [-0.1, -0.05) is 41.6 Å². The molecule has 0 radical (unpaired) electrons. The summed E-state index contributed by atoms with van der Waals surface area (Å²) in [6.07, 6.45) is 0.736. The van der Waals surface area contributed by atoms with Crippen molar-refractivity contribution in [3.8, 4) is 5.75 Å². The van der Waals surface area contributed by atoms with E-state index in [0.717, 1.165) is 32.3 Å². The molecule has 0 aliphatic heterocycles. The Morgan fingerprint density at radius 1 is 1.32 bits per heavy atom. The van der Waals surface area contributed by atoms with E-state index in [0.29, 0.717) is 17.3 Å². The van der Waals surface area contributed by atoms with Gasteiger partial charge in [0, 0.05) is 11.6 Å². The number of methoxy groups -OCH3 is 1. The Labute approximate surface area is 159 Å². The van der Waals surface area contributed by atoms with Crippen molar-refractivity contribution in [1.82, 2.24) is 10.3 Å². The highest BCUT2D eigenvalue weighted by molar-refractivity contribution is 8.01. The number of halogens is 1. The Hall–Kier alpha value is -1.76. The fraction of sp³-hybridized carbons (Fsp3) is 0.222. The van der Waals surface area contributed by atoms with Crippen LogP contribution in [-0.4, -0.2) is 30.3 Å². The molecule has 4 nitrogen and oxygen atoms in total. The molecule has 1 aromatic heterocycles. The van der Waals surface area contributed by atoms with Crippen LogP contribution < -0.4 is 10.1 Å². The molecule has 1 heterocycles. The summed E-state index contributed by atoms with van der Waals surface area (Å²) < 4.78 is 7.26. The van der Waals surface area contributed by atoms with Crippen molar-refractivity contribution in [2.75, 3.05) is 19.4 Å². The summed E-state index contributed by atoms with van der Waals surface area (Å²) in [5.74, 6) is 1.19. The zero-order chi connectivity index (χ0) is 17.6. The van der Waals surface area contributed by atoms with Crippen LogP contribution >= 0.6 is 34.7 Å². The van der Waals surface area contributed by atoms with E-state index in [1.165, 1.54) is 11.8 Å². The molecule has 25 heavy (non-hydrogen) atoms. The lowest BCUT2D eigenvalue weighted by Gasteiger charge is -2.08. The van der Waals surface area contributed by atoms with Gasteiger partial charge in [0.2, 0.25) is 5.91 Å². The summed E-state index contributed by atoms with van der Waals surface area (Å²) in [6, 6.07) is 13.5. The molecule has 1 amide bonds. The zero-order valence-corrected chi connectivity index (χ0v) is 16.0. The van der Waals surface area contributed by atoms with Gasteiger partial charge in [-0.2, -0.15) is 0 Å². The van der Waals surface area contributed by atoms with Gasteiger partial charge < -0.3 is 10.1 Å². The molecule has 1 N–H and O–H groups in total. The number of thioether (sulfide) groups is 1. The Morgan fingerprint density at radius 3 is 3.00 bits per heavy atom. The molecule has 130 valence electrons. The summed E-state index contributed by atoms with van der Waals surface area (Å²) >= 11 is 8.98. The maximum Gasteiger partial charge on any atom is 0.230 e. The number of ether oxygens (including phenoxy) is 1. The highest BCUT2D eigenvalue weighted by atomic mass is 35.5. The topological polar surface area (TPSA) is 51.2 Å². The normalized spacial score (nSPS) is 10.8. The van der Waals surface area contributed by atoms with Crippen molar-refractivity contribution in [3.05, 3.63) is 53.1 Å². The molecule has 0 atom stereocenters. The van der Waals surface area contributed by atoms with Crippen molar-refractivity contribution < 1.29 is 9.53 Å². The van der Waals surface area contributed by atoms with Crippen molar-refractivity contribution in [2.24, 2.45) is 0 Å². The third-order valence-electron chi connectivity index (χ3n) is 3.57. The first-order valence-electron chi connectivity index (χ1n) is 7.73. The van der Waals surface area contributed by atoms with E-state index in [4.69, 9.17) is 16.3 Å². The lowest BCUT2D eigenvalue weighted by molar-refractivity contribution is -0.118.